The molecule has 1 aromatic heterocycles. The van der Waals surface area contributed by atoms with Crippen LogP contribution in [0.1, 0.15) is 62.3 Å². The van der Waals surface area contributed by atoms with Crippen molar-refractivity contribution in [2.75, 3.05) is 0 Å². The van der Waals surface area contributed by atoms with Gasteiger partial charge in [-0.2, -0.15) is 0 Å². The van der Waals surface area contributed by atoms with Gasteiger partial charge in [0, 0.05) is 22.8 Å². The van der Waals surface area contributed by atoms with E-state index < -0.39 is 0 Å². The molecule has 0 amide bonds. The van der Waals surface area contributed by atoms with Crippen LogP contribution in [0.4, 0.5) is 0 Å². The molecular weight excluding hydrogens is 315 g/mol. The summed E-state index contributed by atoms with van der Waals surface area (Å²) in [6.07, 6.45) is 3.99. The lowest BCUT2D eigenvalue weighted by atomic mass is 10.0. The number of nitrogens with zero attached hydrogens (tertiary/aromatic N) is 2. The van der Waals surface area contributed by atoms with Gasteiger partial charge in [0.2, 0.25) is 0 Å². The molecule has 22 heavy (non-hydrogen) atoms. The van der Waals surface area contributed by atoms with E-state index in [2.05, 4.69) is 39.3 Å². The zero-order valence-electron chi connectivity index (χ0n) is 13.7. The first-order valence-corrected chi connectivity index (χ1v) is 8.26. The highest BCUT2D eigenvalue weighted by molar-refractivity contribution is 6.35. The van der Waals surface area contributed by atoms with Gasteiger partial charge in [0.1, 0.15) is 5.82 Å². The van der Waals surface area contributed by atoms with Crippen LogP contribution in [0.2, 0.25) is 10.0 Å². The second-order valence-corrected chi connectivity index (χ2v) is 6.95. The molecule has 0 atom stereocenters. The van der Waals surface area contributed by atoms with Gasteiger partial charge in [-0.05, 0) is 41.7 Å². The molecule has 0 aliphatic carbocycles. The minimum Gasteiger partial charge on any atom is -0.331 e. The van der Waals surface area contributed by atoms with Gasteiger partial charge in [0.25, 0.3) is 0 Å². The summed E-state index contributed by atoms with van der Waals surface area (Å²) in [6, 6.07) is 5.50. The summed E-state index contributed by atoms with van der Waals surface area (Å²) in [5.74, 6) is 1.79. The van der Waals surface area contributed by atoms with E-state index in [0.29, 0.717) is 21.9 Å². The largest absolute Gasteiger partial charge is 0.331 e. The SMILES string of the molecule is CC(C)c1nc(/C=C/c2ccc(Cl)cc2Cl)n(C)c1C(C)C. The summed E-state index contributed by atoms with van der Waals surface area (Å²) < 4.78 is 2.17. The Morgan fingerprint density at radius 1 is 1.05 bits per heavy atom. The summed E-state index contributed by atoms with van der Waals surface area (Å²) in [6.45, 7) is 8.76. The predicted octanol–water partition coefficient (Wildman–Crippen LogP) is 6.14. The van der Waals surface area contributed by atoms with Crippen LogP contribution in [0.3, 0.4) is 0 Å². The van der Waals surface area contributed by atoms with Gasteiger partial charge in [-0.1, -0.05) is 57.0 Å². The molecule has 2 rings (SSSR count). The van der Waals surface area contributed by atoms with E-state index in [1.54, 1.807) is 6.07 Å². The molecule has 2 nitrogen and oxygen atoms in total. The molecule has 0 saturated heterocycles. The fourth-order valence-electron chi connectivity index (χ4n) is 2.61. The fraction of sp³-hybridized carbons (Fsp3) is 0.389. The summed E-state index contributed by atoms with van der Waals surface area (Å²) in [7, 11) is 2.07. The predicted molar refractivity (Wildman–Crippen MR) is 96.8 cm³/mol. The van der Waals surface area contributed by atoms with Crippen LogP contribution in [-0.4, -0.2) is 9.55 Å². The highest BCUT2D eigenvalue weighted by atomic mass is 35.5. The molecule has 0 bridgehead atoms. The number of halogens is 2. The van der Waals surface area contributed by atoms with E-state index >= 15 is 0 Å². The second kappa shape index (κ2) is 6.89. The molecule has 0 spiro atoms. The topological polar surface area (TPSA) is 17.8 Å². The molecule has 0 unspecified atom stereocenters. The molecule has 0 radical (unpaired) electrons. The van der Waals surface area contributed by atoms with Gasteiger partial charge in [-0.3, -0.25) is 0 Å². The average Bonchev–Trinajstić information content (AvgIpc) is 2.75. The molecule has 0 aliphatic heterocycles. The molecule has 0 N–H and O–H groups in total. The molecule has 0 aliphatic rings. The minimum atomic E-state index is 0.407. The third-order valence-corrected chi connectivity index (χ3v) is 4.23. The molecule has 1 aromatic carbocycles. The number of rotatable bonds is 4. The first-order chi connectivity index (χ1) is 10.3. The van der Waals surface area contributed by atoms with Crippen molar-refractivity contribution in [1.82, 2.24) is 9.55 Å². The molecule has 2 aromatic rings. The summed E-state index contributed by atoms with van der Waals surface area (Å²) in [4.78, 5) is 4.80. The lowest BCUT2D eigenvalue weighted by Gasteiger charge is -2.11. The third kappa shape index (κ3) is 3.56. The van der Waals surface area contributed by atoms with Gasteiger partial charge in [-0.25, -0.2) is 4.98 Å². The maximum atomic E-state index is 6.21. The number of hydrogen-bond acceptors (Lipinski definition) is 1. The molecular formula is C18H22Cl2N2. The van der Waals surface area contributed by atoms with E-state index in [-0.39, 0.29) is 0 Å². The van der Waals surface area contributed by atoms with E-state index in [0.717, 1.165) is 11.4 Å². The van der Waals surface area contributed by atoms with Gasteiger partial charge in [-0.15, -0.1) is 0 Å². The van der Waals surface area contributed by atoms with Crippen molar-refractivity contribution >= 4 is 35.4 Å². The highest BCUT2D eigenvalue weighted by Gasteiger charge is 2.18. The molecule has 1 heterocycles. The van der Waals surface area contributed by atoms with Crippen molar-refractivity contribution in [3.05, 3.63) is 51.0 Å². The lowest BCUT2D eigenvalue weighted by Crippen LogP contribution is -2.03. The van der Waals surface area contributed by atoms with Crippen LogP contribution in [0, 0.1) is 0 Å². The van der Waals surface area contributed by atoms with Crippen LogP contribution in [0.25, 0.3) is 12.2 Å². The first kappa shape index (κ1) is 17.1. The zero-order chi connectivity index (χ0) is 16.4. The Hall–Kier alpha value is -1.25. The lowest BCUT2D eigenvalue weighted by molar-refractivity contribution is 0.706. The Bertz CT molecular complexity index is 697. The molecule has 118 valence electrons. The van der Waals surface area contributed by atoms with Gasteiger partial charge in [0.05, 0.1) is 5.69 Å². The van der Waals surface area contributed by atoms with Gasteiger partial charge in [0.15, 0.2) is 0 Å². The van der Waals surface area contributed by atoms with E-state index in [4.69, 9.17) is 28.2 Å². The maximum Gasteiger partial charge on any atom is 0.132 e. The standard InChI is InChI=1S/C18H22Cl2N2/c1-11(2)17-18(12(3)4)22(5)16(21-17)9-7-13-6-8-14(19)10-15(13)20/h6-12H,1-5H3/b9-7+. The van der Waals surface area contributed by atoms with Crippen molar-refractivity contribution in [1.29, 1.82) is 0 Å². The zero-order valence-corrected chi connectivity index (χ0v) is 15.2. The van der Waals surface area contributed by atoms with Crippen molar-refractivity contribution in [2.24, 2.45) is 7.05 Å². The Morgan fingerprint density at radius 3 is 2.23 bits per heavy atom. The number of imidazole rings is 1. The van der Waals surface area contributed by atoms with Crippen LogP contribution >= 0.6 is 23.2 Å². The van der Waals surface area contributed by atoms with Crippen molar-refractivity contribution < 1.29 is 0 Å². The minimum absolute atomic E-state index is 0.407. The Morgan fingerprint density at radius 2 is 1.73 bits per heavy atom. The van der Waals surface area contributed by atoms with Gasteiger partial charge >= 0.3 is 0 Å². The Kier molecular flexibility index (Phi) is 5.36. The normalized spacial score (nSPS) is 12.0. The summed E-state index contributed by atoms with van der Waals surface area (Å²) >= 11 is 12.1. The van der Waals surface area contributed by atoms with E-state index in [9.17, 15) is 0 Å². The number of hydrogen-bond donors (Lipinski definition) is 0. The maximum absolute atomic E-state index is 6.21. The second-order valence-electron chi connectivity index (χ2n) is 6.11. The van der Waals surface area contributed by atoms with Crippen molar-refractivity contribution in [3.63, 3.8) is 0 Å². The number of aromatic nitrogens is 2. The third-order valence-electron chi connectivity index (χ3n) is 3.67. The molecule has 0 saturated carbocycles. The average molecular weight is 337 g/mol. The summed E-state index contributed by atoms with van der Waals surface area (Å²) in [5.41, 5.74) is 3.39. The molecule has 0 fully saturated rings. The smallest absolute Gasteiger partial charge is 0.132 e. The van der Waals surface area contributed by atoms with Crippen LogP contribution in [0.5, 0.6) is 0 Å². The van der Waals surface area contributed by atoms with E-state index in [1.807, 2.05) is 24.3 Å². The quantitative estimate of drug-likeness (QED) is 0.655. The van der Waals surface area contributed by atoms with Crippen molar-refractivity contribution in [2.45, 2.75) is 39.5 Å². The Labute approximate surface area is 142 Å². The molecule has 4 heteroatoms. The van der Waals surface area contributed by atoms with E-state index in [1.165, 1.54) is 11.4 Å². The fourth-order valence-corrected chi connectivity index (χ4v) is 3.08. The number of benzene rings is 1. The first-order valence-electron chi connectivity index (χ1n) is 7.51. The van der Waals surface area contributed by atoms with Gasteiger partial charge < -0.3 is 4.57 Å². The van der Waals surface area contributed by atoms with Crippen LogP contribution < -0.4 is 0 Å². The highest BCUT2D eigenvalue weighted by Crippen LogP contribution is 2.28. The van der Waals surface area contributed by atoms with Crippen molar-refractivity contribution in [3.8, 4) is 0 Å². The monoisotopic (exact) mass is 336 g/mol. The van der Waals surface area contributed by atoms with Crippen LogP contribution in [-0.2, 0) is 7.05 Å². The van der Waals surface area contributed by atoms with Crippen LogP contribution in [0.15, 0.2) is 18.2 Å². The Balaban J connectivity index is 2.41. The summed E-state index contributed by atoms with van der Waals surface area (Å²) in [5, 5.41) is 1.29.